The van der Waals surface area contributed by atoms with Gasteiger partial charge < -0.3 is 5.32 Å². The minimum absolute atomic E-state index is 0.953. The molecule has 0 saturated carbocycles. The molecule has 1 nitrogen and oxygen atoms in total. The minimum Gasteiger partial charge on any atom is -0.392 e. The zero-order valence-electron chi connectivity index (χ0n) is 8.24. The molecule has 1 N–H and O–H groups in total. The summed E-state index contributed by atoms with van der Waals surface area (Å²) in [6.45, 7) is 13.8. The van der Waals surface area contributed by atoms with Crippen molar-refractivity contribution in [2.75, 3.05) is 7.05 Å². The van der Waals surface area contributed by atoms with E-state index in [-0.39, 0.29) is 0 Å². The predicted molar refractivity (Wildman–Crippen MR) is 56.0 cm³/mol. The van der Waals surface area contributed by atoms with E-state index in [1.54, 1.807) is 0 Å². The van der Waals surface area contributed by atoms with Crippen LogP contribution in [0.3, 0.4) is 0 Å². The highest BCUT2D eigenvalue weighted by molar-refractivity contribution is 5.25. The first-order valence-electron chi connectivity index (χ1n) is 4.33. The van der Waals surface area contributed by atoms with E-state index in [4.69, 9.17) is 0 Å². The molecule has 0 heterocycles. The van der Waals surface area contributed by atoms with E-state index in [1.165, 1.54) is 0 Å². The fraction of sp³-hybridized carbons (Fsp3) is 0.455. The Hall–Kier alpha value is -0.980. The summed E-state index contributed by atoms with van der Waals surface area (Å²) in [6.07, 6.45) is 2.91. The number of rotatable bonds is 6. The second-order valence-electron chi connectivity index (χ2n) is 2.91. The standard InChI is InChI=1S/C11H19N/c1-6-9(2)10(3)7-8-11(4)12-5/h12H,2-4,6-8H2,1,5H3. The molecule has 12 heavy (non-hydrogen) atoms. The molecule has 68 valence electrons. The van der Waals surface area contributed by atoms with Crippen LogP contribution in [-0.4, -0.2) is 7.05 Å². The first-order chi connectivity index (χ1) is 5.61. The molecule has 0 rings (SSSR count). The lowest BCUT2D eigenvalue weighted by Crippen LogP contribution is -2.04. The zero-order chi connectivity index (χ0) is 9.56. The second-order valence-corrected chi connectivity index (χ2v) is 2.91. The van der Waals surface area contributed by atoms with Crippen LogP contribution in [0.15, 0.2) is 36.6 Å². The summed E-state index contributed by atoms with van der Waals surface area (Å²) in [5.41, 5.74) is 3.35. The number of hydrogen-bond acceptors (Lipinski definition) is 1. The second kappa shape index (κ2) is 5.64. The third kappa shape index (κ3) is 4.02. The number of allylic oxidation sites excluding steroid dienone is 3. The van der Waals surface area contributed by atoms with E-state index < -0.39 is 0 Å². The quantitative estimate of drug-likeness (QED) is 0.596. The van der Waals surface area contributed by atoms with Gasteiger partial charge >= 0.3 is 0 Å². The number of hydrogen-bond donors (Lipinski definition) is 1. The van der Waals surface area contributed by atoms with Gasteiger partial charge in [0.15, 0.2) is 0 Å². The van der Waals surface area contributed by atoms with E-state index in [9.17, 15) is 0 Å². The van der Waals surface area contributed by atoms with Crippen LogP contribution in [-0.2, 0) is 0 Å². The van der Waals surface area contributed by atoms with Gasteiger partial charge in [-0.15, -0.1) is 0 Å². The molecule has 0 aliphatic rings. The third-order valence-corrected chi connectivity index (χ3v) is 2.01. The summed E-state index contributed by atoms with van der Waals surface area (Å²) in [6, 6.07) is 0. The van der Waals surface area contributed by atoms with Gasteiger partial charge in [-0.2, -0.15) is 0 Å². The fourth-order valence-corrected chi connectivity index (χ4v) is 0.854. The summed E-state index contributed by atoms with van der Waals surface area (Å²) >= 11 is 0. The molecule has 0 unspecified atom stereocenters. The van der Waals surface area contributed by atoms with Crippen molar-refractivity contribution in [1.82, 2.24) is 5.32 Å². The molecule has 0 saturated heterocycles. The lowest BCUT2D eigenvalue weighted by molar-refractivity contribution is 0.834. The van der Waals surface area contributed by atoms with Crippen molar-refractivity contribution in [3.63, 3.8) is 0 Å². The topological polar surface area (TPSA) is 12.0 Å². The van der Waals surface area contributed by atoms with Crippen LogP contribution >= 0.6 is 0 Å². The Balaban J connectivity index is 3.72. The van der Waals surface area contributed by atoms with Gasteiger partial charge in [-0.05, 0) is 19.3 Å². The highest BCUT2D eigenvalue weighted by Gasteiger charge is 1.98. The van der Waals surface area contributed by atoms with Gasteiger partial charge in [0.2, 0.25) is 0 Å². The van der Waals surface area contributed by atoms with Crippen LogP contribution in [0.25, 0.3) is 0 Å². The molecule has 0 aromatic rings. The van der Waals surface area contributed by atoms with E-state index in [0.29, 0.717) is 0 Å². The van der Waals surface area contributed by atoms with Gasteiger partial charge in [0.05, 0.1) is 0 Å². The van der Waals surface area contributed by atoms with E-state index >= 15 is 0 Å². The molecule has 0 amide bonds. The first-order valence-corrected chi connectivity index (χ1v) is 4.33. The fourth-order valence-electron chi connectivity index (χ4n) is 0.854. The van der Waals surface area contributed by atoms with Gasteiger partial charge in [-0.1, -0.05) is 37.8 Å². The number of nitrogens with one attached hydrogen (secondary N) is 1. The molecule has 0 radical (unpaired) electrons. The van der Waals surface area contributed by atoms with Gasteiger partial charge in [0.1, 0.15) is 0 Å². The Bertz CT molecular complexity index is 189. The minimum atomic E-state index is 0.953. The molecule has 1 heteroatoms. The Kier molecular flexibility index (Phi) is 5.18. The first kappa shape index (κ1) is 11.0. The summed E-state index contributed by atoms with van der Waals surface area (Å²) in [4.78, 5) is 0. The average molecular weight is 165 g/mol. The van der Waals surface area contributed by atoms with Crippen LogP contribution in [0.5, 0.6) is 0 Å². The molecule has 0 spiro atoms. The Morgan fingerprint density at radius 1 is 1.08 bits per heavy atom. The van der Waals surface area contributed by atoms with Gasteiger partial charge in [0, 0.05) is 12.7 Å². The van der Waals surface area contributed by atoms with Crippen LogP contribution in [0.1, 0.15) is 26.2 Å². The average Bonchev–Trinajstić information content (AvgIpc) is 2.11. The van der Waals surface area contributed by atoms with Crippen molar-refractivity contribution in [2.24, 2.45) is 0 Å². The maximum Gasteiger partial charge on any atom is 0.00343 e. The lowest BCUT2D eigenvalue weighted by Gasteiger charge is -2.08. The smallest absolute Gasteiger partial charge is 0.00343 e. The highest BCUT2D eigenvalue weighted by atomic mass is 14.8. The summed E-state index contributed by atoms with van der Waals surface area (Å²) in [5.74, 6) is 0. The highest BCUT2D eigenvalue weighted by Crippen LogP contribution is 2.16. The van der Waals surface area contributed by atoms with E-state index in [2.05, 4.69) is 32.0 Å². The van der Waals surface area contributed by atoms with Crippen molar-refractivity contribution in [3.05, 3.63) is 36.6 Å². The molecule has 0 aromatic carbocycles. The van der Waals surface area contributed by atoms with Crippen LogP contribution in [0.4, 0.5) is 0 Å². The molecule has 0 aliphatic heterocycles. The van der Waals surface area contributed by atoms with Crippen LogP contribution < -0.4 is 5.32 Å². The summed E-state index contributed by atoms with van der Waals surface area (Å²) < 4.78 is 0. The maximum atomic E-state index is 3.96. The molecular formula is C11H19N. The van der Waals surface area contributed by atoms with Crippen LogP contribution in [0, 0.1) is 0 Å². The van der Waals surface area contributed by atoms with Crippen molar-refractivity contribution in [1.29, 1.82) is 0 Å². The lowest BCUT2D eigenvalue weighted by atomic mass is 10.0. The predicted octanol–water partition coefficient (Wildman–Crippen LogP) is 3.02. The molecule has 0 bridgehead atoms. The summed E-state index contributed by atoms with van der Waals surface area (Å²) in [7, 11) is 1.89. The van der Waals surface area contributed by atoms with Crippen molar-refractivity contribution in [3.8, 4) is 0 Å². The summed E-state index contributed by atoms with van der Waals surface area (Å²) in [5, 5.41) is 3.01. The molecule has 0 aliphatic carbocycles. The Morgan fingerprint density at radius 3 is 2.08 bits per heavy atom. The monoisotopic (exact) mass is 165 g/mol. The zero-order valence-corrected chi connectivity index (χ0v) is 8.24. The normalized spacial score (nSPS) is 9.17. The third-order valence-electron chi connectivity index (χ3n) is 2.01. The van der Waals surface area contributed by atoms with Crippen molar-refractivity contribution >= 4 is 0 Å². The van der Waals surface area contributed by atoms with Crippen LogP contribution in [0.2, 0.25) is 0 Å². The van der Waals surface area contributed by atoms with Gasteiger partial charge in [-0.3, -0.25) is 0 Å². The van der Waals surface area contributed by atoms with Crippen molar-refractivity contribution in [2.45, 2.75) is 26.2 Å². The Labute approximate surface area is 75.9 Å². The van der Waals surface area contributed by atoms with E-state index in [0.717, 1.165) is 36.1 Å². The Morgan fingerprint density at radius 2 is 1.67 bits per heavy atom. The molecule has 0 atom stereocenters. The van der Waals surface area contributed by atoms with E-state index in [1.807, 2.05) is 7.05 Å². The largest absolute Gasteiger partial charge is 0.392 e. The molecular weight excluding hydrogens is 146 g/mol. The molecule has 0 aromatic heterocycles. The van der Waals surface area contributed by atoms with Gasteiger partial charge in [-0.25, -0.2) is 0 Å². The molecule has 0 fully saturated rings. The SMILES string of the molecule is C=C(CCC(=C)C(=C)CC)NC. The van der Waals surface area contributed by atoms with Crippen molar-refractivity contribution < 1.29 is 0 Å². The van der Waals surface area contributed by atoms with Gasteiger partial charge in [0.25, 0.3) is 0 Å². The maximum absolute atomic E-state index is 3.96.